The first-order valence-electron chi connectivity index (χ1n) is 10.4. The Morgan fingerprint density at radius 1 is 1.48 bits per heavy atom. The van der Waals surface area contributed by atoms with Crippen LogP contribution in [0, 0.1) is 0 Å². The third kappa shape index (κ3) is 4.53. The van der Waals surface area contributed by atoms with E-state index < -0.39 is 44.4 Å². The SMILES string of the molecule is CCOc1nc(N)nc2c1ncn2[C@@H]1O[C@@H]2COP(=O)(NCC(=O)OC(C)C)O[C@H]2[C@@]1(C)F. The van der Waals surface area contributed by atoms with Crippen LogP contribution in [0.1, 0.15) is 33.9 Å². The van der Waals surface area contributed by atoms with Crippen LogP contribution >= 0.6 is 7.75 Å². The van der Waals surface area contributed by atoms with Crippen molar-refractivity contribution in [3.05, 3.63) is 6.33 Å². The summed E-state index contributed by atoms with van der Waals surface area (Å²) in [5, 5.41) is 2.40. The second kappa shape index (κ2) is 8.76. The van der Waals surface area contributed by atoms with Gasteiger partial charge in [-0.3, -0.25) is 18.4 Å². The first-order valence-corrected chi connectivity index (χ1v) is 11.9. The van der Waals surface area contributed by atoms with Crippen LogP contribution in [-0.2, 0) is 27.9 Å². The zero-order valence-electron chi connectivity index (χ0n) is 18.6. The molecule has 4 heterocycles. The van der Waals surface area contributed by atoms with E-state index in [0.717, 1.165) is 0 Å². The van der Waals surface area contributed by atoms with Gasteiger partial charge in [-0.25, -0.2) is 19.0 Å². The molecule has 1 unspecified atom stereocenters. The Morgan fingerprint density at radius 3 is 2.94 bits per heavy atom. The number of rotatable bonds is 7. The van der Waals surface area contributed by atoms with E-state index in [0.29, 0.717) is 6.61 Å². The molecule has 15 heteroatoms. The number of nitrogens with one attached hydrogen (secondary N) is 1. The number of fused-ring (bicyclic) bond motifs is 2. The lowest BCUT2D eigenvalue weighted by Gasteiger charge is -2.34. The average Bonchev–Trinajstić information content (AvgIpc) is 3.24. The van der Waals surface area contributed by atoms with E-state index in [4.69, 9.17) is 29.0 Å². The number of ether oxygens (including phenoxy) is 3. The van der Waals surface area contributed by atoms with Gasteiger partial charge in [0.25, 0.3) is 0 Å². The number of nitrogens with two attached hydrogens (primary N) is 1. The molecule has 0 aromatic carbocycles. The molecule has 2 aliphatic rings. The van der Waals surface area contributed by atoms with Gasteiger partial charge in [-0.15, -0.1) is 0 Å². The van der Waals surface area contributed by atoms with Gasteiger partial charge in [0.15, 0.2) is 23.1 Å². The number of imidazole rings is 1. The molecule has 2 aromatic rings. The van der Waals surface area contributed by atoms with Gasteiger partial charge in [0.2, 0.25) is 11.8 Å². The lowest BCUT2D eigenvalue weighted by atomic mass is 9.98. The first kappa shape index (κ1) is 23.8. The summed E-state index contributed by atoms with van der Waals surface area (Å²) >= 11 is 0. The number of hydrogen-bond donors (Lipinski definition) is 2. The van der Waals surface area contributed by atoms with Crippen LogP contribution in [0.25, 0.3) is 11.2 Å². The normalized spacial score (nSPS) is 31.6. The lowest BCUT2D eigenvalue weighted by molar-refractivity contribution is -0.146. The van der Waals surface area contributed by atoms with Crippen molar-refractivity contribution >= 4 is 30.8 Å². The van der Waals surface area contributed by atoms with Crippen molar-refractivity contribution in [2.45, 2.75) is 57.9 Å². The van der Waals surface area contributed by atoms with Crippen LogP contribution < -0.4 is 15.6 Å². The maximum atomic E-state index is 16.1. The number of carbonyl (C=O) groups excluding carboxylic acids is 1. The van der Waals surface area contributed by atoms with E-state index in [1.54, 1.807) is 20.8 Å². The summed E-state index contributed by atoms with van der Waals surface area (Å²) in [4.78, 5) is 24.2. The molecule has 0 spiro atoms. The summed E-state index contributed by atoms with van der Waals surface area (Å²) in [6.45, 7) is 6.06. The Morgan fingerprint density at radius 2 is 2.24 bits per heavy atom. The first-order chi connectivity index (χ1) is 15.5. The Kier molecular flexibility index (Phi) is 6.31. The smallest absolute Gasteiger partial charge is 0.406 e. The number of nitrogens with zero attached hydrogens (tertiary/aromatic N) is 4. The van der Waals surface area contributed by atoms with Gasteiger partial charge in [0, 0.05) is 0 Å². The quantitative estimate of drug-likeness (QED) is 0.427. The van der Waals surface area contributed by atoms with Gasteiger partial charge in [-0.05, 0) is 27.7 Å². The average molecular weight is 488 g/mol. The minimum absolute atomic E-state index is 0.0785. The number of halogens is 1. The molecule has 3 N–H and O–H groups in total. The van der Waals surface area contributed by atoms with Gasteiger partial charge in [-0.2, -0.15) is 9.97 Å². The van der Waals surface area contributed by atoms with E-state index >= 15 is 4.39 Å². The standard InChI is InChI=1S/C18H26FN6O7P/c1-5-28-15-12-14(23-17(20)24-15)25(8-21-12)16-18(4,19)13-10(31-16)7-29-33(27,32-13)22-6-11(26)30-9(2)3/h8-10,13,16H,5-7H2,1-4H3,(H,22,27)(H2,20,23,24)/t10-,13-,16-,18-,33?/m1/s1. The molecule has 33 heavy (non-hydrogen) atoms. The van der Waals surface area contributed by atoms with Gasteiger partial charge in [0.1, 0.15) is 18.8 Å². The highest BCUT2D eigenvalue weighted by Gasteiger charge is 2.61. The lowest BCUT2D eigenvalue weighted by Crippen LogP contribution is -2.46. The summed E-state index contributed by atoms with van der Waals surface area (Å²) in [5.74, 6) is -0.563. The summed E-state index contributed by atoms with van der Waals surface area (Å²) in [6.07, 6.45) is -2.40. The van der Waals surface area contributed by atoms with E-state index in [1.807, 2.05) is 0 Å². The largest absolute Gasteiger partial charge is 0.476 e. The molecule has 2 saturated heterocycles. The molecular weight excluding hydrogens is 462 g/mol. The van der Waals surface area contributed by atoms with Gasteiger partial charge in [-0.1, -0.05) is 0 Å². The molecule has 0 saturated carbocycles. The predicted octanol–water partition coefficient (Wildman–Crippen LogP) is 1.50. The van der Waals surface area contributed by atoms with Crippen LogP contribution in [-0.4, -0.2) is 69.2 Å². The Bertz CT molecular complexity index is 1100. The number of nitrogen functional groups attached to an aromatic ring is 1. The van der Waals surface area contributed by atoms with Crippen molar-refractivity contribution in [2.24, 2.45) is 0 Å². The highest BCUT2D eigenvalue weighted by Crippen LogP contribution is 2.56. The van der Waals surface area contributed by atoms with Crippen molar-refractivity contribution < 1.29 is 37.0 Å². The molecule has 0 radical (unpaired) electrons. The monoisotopic (exact) mass is 488 g/mol. The number of esters is 1. The molecule has 2 aromatic heterocycles. The fourth-order valence-electron chi connectivity index (χ4n) is 3.73. The topological polar surface area (TPSA) is 162 Å². The second-order valence-electron chi connectivity index (χ2n) is 8.01. The molecule has 13 nitrogen and oxygen atoms in total. The van der Waals surface area contributed by atoms with Crippen LogP contribution in [0.5, 0.6) is 5.88 Å². The van der Waals surface area contributed by atoms with Gasteiger partial charge < -0.3 is 19.9 Å². The molecule has 0 aliphatic carbocycles. The molecule has 5 atom stereocenters. The molecule has 0 bridgehead atoms. The number of anilines is 1. The van der Waals surface area contributed by atoms with Crippen LogP contribution in [0.4, 0.5) is 10.3 Å². The van der Waals surface area contributed by atoms with Crippen LogP contribution in [0.2, 0.25) is 0 Å². The summed E-state index contributed by atoms with van der Waals surface area (Å²) < 4.78 is 57.5. The third-order valence-corrected chi connectivity index (χ3v) is 6.61. The summed E-state index contributed by atoms with van der Waals surface area (Å²) in [7, 11) is -4.00. The highest BCUT2D eigenvalue weighted by atomic mass is 31.2. The van der Waals surface area contributed by atoms with Crippen molar-refractivity contribution in [2.75, 3.05) is 25.5 Å². The van der Waals surface area contributed by atoms with E-state index in [1.165, 1.54) is 17.8 Å². The molecule has 182 valence electrons. The second-order valence-corrected chi connectivity index (χ2v) is 9.80. The molecule has 2 aliphatic heterocycles. The van der Waals surface area contributed by atoms with Gasteiger partial charge in [0.05, 0.1) is 25.6 Å². The van der Waals surface area contributed by atoms with Crippen LogP contribution in [0.15, 0.2) is 6.33 Å². The maximum Gasteiger partial charge on any atom is 0.406 e. The van der Waals surface area contributed by atoms with Crippen molar-refractivity contribution in [1.29, 1.82) is 0 Å². The third-order valence-electron chi connectivity index (χ3n) is 5.07. The number of alkyl halides is 1. The van der Waals surface area contributed by atoms with E-state index in [9.17, 15) is 9.36 Å². The Labute approximate surface area is 188 Å². The summed E-state index contributed by atoms with van der Waals surface area (Å²) in [6, 6.07) is 0. The maximum absolute atomic E-state index is 16.1. The van der Waals surface area contributed by atoms with Crippen molar-refractivity contribution in [3.8, 4) is 5.88 Å². The highest BCUT2D eigenvalue weighted by molar-refractivity contribution is 7.51. The molecular formula is C18H26FN6O7P. The molecule has 0 amide bonds. The number of carbonyl (C=O) groups is 1. The van der Waals surface area contributed by atoms with Crippen molar-refractivity contribution in [1.82, 2.24) is 24.6 Å². The zero-order valence-corrected chi connectivity index (χ0v) is 19.5. The zero-order chi connectivity index (χ0) is 24.0. The summed E-state index contributed by atoms with van der Waals surface area (Å²) in [5.41, 5.74) is 4.10. The minimum atomic E-state index is -4.00. The predicted molar refractivity (Wildman–Crippen MR) is 112 cm³/mol. The molecule has 2 fully saturated rings. The number of hydrogen-bond acceptors (Lipinski definition) is 11. The molecule has 4 rings (SSSR count). The van der Waals surface area contributed by atoms with Crippen LogP contribution in [0.3, 0.4) is 0 Å². The fourth-order valence-corrected chi connectivity index (χ4v) is 5.26. The number of aromatic nitrogens is 4. The fraction of sp³-hybridized carbons (Fsp3) is 0.667. The minimum Gasteiger partial charge on any atom is -0.476 e. The Hall–Kier alpha value is -2.38. The van der Waals surface area contributed by atoms with Gasteiger partial charge >= 0.3 is 13.7 Å². The van der Waals surface area contributed by atoms with Crippen molar-refractivity contribution in [3.63, 3.8) is 0 Å². The Balaban J connectivity index is 1.57. The van der Waals surface area contributed by atoms with E-state index in [2.05, 4.69) is 20.0 Å². The van der Waals surface area contributed by atoms with E-state index in [-0.39, 0.29) is 35.7 Å².